The Bertz CT molecular complexity index is 657. The van der Waals surface area contributed by atoms with Crippen LogP contribution < -0.4 is 0 Å². The van der Waals surface area contributed by atoms with E-state index in [-0.39, 0.29) is 12.6 Å². The van der Waals surface area contributed by atoms with Crippen molar-refractivity contribution in [3.8, 4) is 0 Å². The summed E-state index contributed by atoms with van der Waals surface area (Å²) in [6, 6.07) is 17.0. The van der Waals surface area contributed by atoms with E-state index in [1.807, 2.05) is 48.5 Å². The number of ether oxygens (including phenoxy) is 1. The SMILES string of the molecule is CC(=O)OC/C(=C/c1cccc(C=O)c1)c1ccccc1. The van der Waals surface area contributed by atoms with Crippen molar-refractivity contribution >= 4 is 23.9 Å². The van der Waals surface area contributed by atoms with Gasteiger partial charge in [0.05, 0.1) is 0 Å². The normalized spacial score (nSPS) is 11.0. The molecule has 0 amide bonds. The number of benzene rings is 2. The minimum Gasteiger partial charge on any atom is -0.461 e. The van der Waals surface area contributed by atoms with Gasteiger partial charge < -0.3 is 4.74 Å². The van der Waals surface area contributed by atoms with E-state index in [0.717, 1.165) is 23.0 Å². The number of hydrogen-bond donors (Lipinski definition) is 0. The lowest BCUT2D eigenvalue weighted by Crippen LogP contribution is -2.02. The first-order chi connectivity index (χ1) is 10.2. The molecule has 0 fully saturated rings. The number of rotatable bonds is 5. The summed E-state index contributed by atoms with van der Waals surface area (Å²) in [4.78, 5) is 21.9. The van der Waals surface area contributed by atoms with E-state index in [4.69, 9.17) is 4.74 Å². The van der Waals surface area contributed by atoms with Crippen LogP contribution >= 0.6 is 0 Å². The highest BCUT2D eigenvalue weighted by Crippen LogP contribution is 2.19. The Balaban J connectivity index is 2.35. The van der Waals surface area contributed by atoms with Crippen molar-refractivity contribution in [3.63, 3.8) is 0 Å². The van der Waals surface area contributed by atoms with Gasteiger partial charge in [-0.3, -0.25) is 9.59 Å². The van der Waals surface area contributed by atoms with Gasteiger partial charge in [-0.15, -0.1) is 0 Å². The van der Waals surface area contributed by atoms with Gasteiger partial charge in [-0.1, -0.05) is 48.5 Å². The van der Waals surface area contributed by atoms with Gasteiger partial charge in [-0.05, 0) is 28.8 Å². The highest BCUT2D eigenvalue weighted by Gasteiger charge is 2.04. The van der Waals surface area contributed by atoms with Gasteiger partial charge >= 0.3 is 5.97 Å². The van der Waals surface area contributed by atoms with E-state index in [1.54, 1.807) is 12.1 Å². The van der Waals surface area contributed by atoms with Crippen molar-refractivity contribution in [2.45, 2.75) is 6.92 Å². The maximum Gasteiger partial charge on any atom is 0.302 e. The summed E-state index contributed by atoms with van der Waals surface area (Å²) in [7, 11) is 0. The monoisotopic (exact) mass is 280 g/mol. The van der Waals surface area contributed by atoms with Gasteiger partial charge in [0.15, 0.2) is 0 Å². The molecule has 0 saturated carbocycles. The highest BCUT2D eigenvalue weighted by atomic mass is 16.5. The molecule has 106 valence electrons. The van der Waals surface area contributed by atoms with E-state index in [2.05, 4.69) is 0 Å². The van der Waals surface area contributed by atoms with Crippen LogP contribution in [-0.4, -0.2) is 18.9 Å². The van der Waals surface area contributed by atoms with Gasteiger partial charge in [0.1, 0.15) is 12.9 Å². The summed E-state index contributed by atoms with van der Waals surface area (Å²) < 4.78 is 5.11. The van der Waals surface area contributed by atoms with Crippen molar-refractivity contribution in [3.05, 3.63) is 71.3 Å². The molecule has 0 aliphatic rings. The molecule has 0 aliphatic carbocycles. The van der Waals surface area contributed by atoms with Gasteiger partial charge in [0.2, 0.25) is 0 Å². The van der Waals surface area contributed by atoms with Crippen molar-refractivity contribution < 1.29 is 14.3 Å². The molecule has 0 bridgehead atoms. The Kier molecular flexibility index (Phi) is 5.04. The molecule has 3 heteroatoms. The van der Waals surface area contributed by atoms with E-state index < -0.39 is 0 Å². The molecule has 0 saturated heterocycles. The first kappa shape index (κ1) is 14.7. The summed E-state index contributed by atoms with van der Waals surface area (Å²) in [6.45, 7) is 1.58. The minimum absolute atomic E-state index is 0.199. The van der Waals surface area contributed by atoms with E-state index >= 15 is 0 Å². The molecule has 0 N–H and O–H groups in total. The number of hydrogen-bond acceptors (Lipinski definition) is 3. The zero-order chi connectivity index (χ0) is 15.1. The van der Waals surface area contributed by atoms with Gasteiger partial charge in [0, 0.05) is 12.5 Å². The predicted octanol–water partition coefficient (Wildman–Crippen LogP) is 3.60. The lowest BCUT2D eigenvalue weighted by atomic mass is 10.0. The smallest absolute Gasteiger partial charge is 0.302 e. The molecule has 0 heterocycles. The van der Waals surface area contributed by atoms with E-state index in [1.165, 1.54) is 6.92 Å². The van der Waals surface area contributed by atoms with Crippen LogP contribution in [-0.2, 0) is 9.53 Å². The molecule has 0 radical (unpaired) electrons. The molecular formula is C18H16O3. The molecule has 0 aromatic heterocycles. The largest absolute Gasteiger partial charge is 0.461 e. The van der Waals surface area contributed by atoms with Gasteiger partial charge in [0.25, 0.3) is 0 Å². The lowest BCUT2D eigenvalue weighted by molar-refractivity contribution is -0.139. The fourth-order valence-corrected chi connectivity index (χ4v) is 1.96. The fraction of sp³-hybridized carbons (Fsp3) is 0.111. The topological polar surface area (TPSA) is 43.4 Å². The zero-order valence-electron chi connectivity index (χ0n) is 11.8. The fourth-order valence-electron chi connectivity index (χ4n) is 1.96. The minimum atomic E-state index is -0.321. The van der Waals surface area contributed by atoms with Gasteiger partial charge in [-0.2, -0.15) is 0 Å². The maximum atomic E-state index is 11.0. The summed E-state index contributed by atoms with van der Waals surface area (Å²) in [5.74, 6) is -0.321. The Labute approximate surface area is 123 Å². The second-order valence-corrected chi connectivity index (χ2v) is 4.60. The molecule has 2 aromatic carbocycles. The Morgan fingerprint density at radius 3 is 2.43 bits per heavy atom. The number of aldehydes is 1. The molecule has 3 nitrogen and oxygen atoms in total. The van der Waals surface area contributed by atoms with E-state index in [9.17, 15) is 9.59 Å². The van der Waals surface area contributed by atoms with Crippen molar-refractivity contribution in [2.24, 2.45) is 0 Å². The molecule has 2 rings (SSSR count). The molecule has 0 aliphatic heterocycles. The van der Waals surface area contributed by atoms with Crippen LogP contribution in [0.15, 0.2) is 54.6 Å². The Morgan fingerprint density at radius 1 is 1.05 bits per heavy atom. The van der Waals surface area contributed by atoms with Crippen LogP contribution in [0.25, 0.3) is 11.6 Å². The number of esters is 1. The van der Waals surface area contributed by atoms with Crippen LogP contribution in [0.1, 0.15) is 28.4 Å². The number of carbonyl (C=O) groups is 2. The quantitative estimate of drug-likeness (QED) is 0.477. The Morgan fingerprint density at radius 2 is 1.76 bits per heavy atom. The first-order valence-electron chi connectivity index (χ1n) is 6.63. The first-order valence-corrected chi connectivity index (χ1v) is 6.63. The maximum absolute atomic E-state index is 11.0. The lowest BCUT2D eigenvalue weighted by Gasteiger charge is -2.08. The average molecular weight is 280 g/mol. The molecular weight excluding hydrogens is 264 g/mol. The predicted molar refractivity (Wildman–Crippen MR) is 82.8 cm³/mol. The Hall–Kier alpha value is -2.68. The van der Waals surface area contributed by atoms with Crippen molar-refractivity contribution in [2.75, 3.05) is 6.61 Å². The second kappa shape index (κ2) is 7.20. The van der Waals surface area contributed by atoms with E-state index in [0.29, 0.717) is 5.56 Å². The van der Waals surface area contributed by atoms with Crippen LogP contribution in [0.4, 0.5) is 0 Å². The van der Waals surface area contributed by atoms with Crippen LogP contribution in [0.3, 0.4) is 0 Å². The summed E-state index contributed by atoms with van der Waals surface area (Å²) >= 11 is 0. The number of carbonyl (C=O) groups excluding carboxylic acids is 2. The molecule has 2 aromatic rings. The molecule has 0 unspecified atom stereocenters. The second-order valence-electron chi connectivity index (χ2n) is 4.60. The van der Waals surface area contributed by atoms with Crippen molar-refractivity contribution in [1.82, 2.24) is 0 Å². The standard InChI is InChI=1S/C18H16O3/c1-14(20)21-13-18(17-8-3-2-4-9-17)11-15-6-5-7-16(10-15)12-19/h2-12H,13H2,1H3/b18-11-. The molecule has 0 atom stereocenters. The molecule has 21 heavy (non-hydrogen) atoms. The highest BCUT2D eigenvalue weighted by molar-refractivity contribution is 5.85. The molecule has 0 spiro atoms. The summed E-state index contributed by atoms with van der Waals surface area (Å²) in [5, 5.41) is 0. The van der Waals surface area contributed by atoms with Crippen LogP contribution in [0.2, 0.25) is 0 Å². The third kappa shape index (κ3) is 4.42. The third-order valence-electron chi connectivity index (χ3n) is 2.96. The zero-order valence-corrected chi connectivity index (χ0v) is 11.8. The average Bonchev–Trinajstić information content (AvgIpc) is 2.52. The summed E-state index contributed by atoms with van der Waals surface area (Å²) in [5.41, 5.74) is 3.37. The van der Waals surface area contributed by atoms with Crippen molar-refractivity contribution in [1.29, 1.82) is 0 Å². The third-order valence-corrected chi connectivity index (χ3v) is 2.96. The van der Waals surface area contributed by atoms with Crippen LogP contribution in [0.5, 0.6) is 0 Å². The van der Waals surface area contributed by atoms with Crippen LogP contribution in [0, 0.1) is 0 Å². The van der Waals surface area contributed by atoms with Gasteiger partial charge in [-0.25, -0.2) is 0 Å². The summed E-state index contributed by atoms with van der Waals surface area (Å²) in [6.07, 6.45) is 2.73.